The third-order valence-corrected chi connectivity index (χ3v) is 5.44. The number of amides is 2. The summed E-state index contributed by atoms with van der Waals surface area (Å²) in [6.45, 7) is 5.75. The number of anilines is 2. The molecule has 1 fully saturated rings. The van der Waals surface area contributed by atoms with Crippen molar-refractivity contribution in [1.82, 2.24) is 0 Å². The maximum Gasteiger partial charge on any atom is 0.270 e. The summed E-state index contributed by atoms with van der Waals surface area (Å²) in [4.78, 5) is 26.1. The van der Waals surface area contributed by atoms with E-state index in [1.54, 1.807) is 24.3 Å². The van der Waals surface area contributed by atoms with Crippen LogP contribution in [0.1, 0.15) is 37.8 Å². The lowest BCUT2D eigenvalue weighted by atomic mass is 10.0. The zero-order chi connectivity index (χ0) is 19.6. The van der Waals surface area contributed by atoms with E-state index >= 15 is 0 Å². The Morgan fingerprint density at radius 3 is 2.30 bits per heavy atom. The third kappa shape index (κ3) is 4.46. The van der Waals surface area contributed by atoms with Crippen molar-refractivity contribution in [2.45, 2.75) is 26.7 Å². The molecule has 0 unspecified atom stereocenters. The second-order valence-electron chi connectivity index (χ2n) is 6.57. The van der Waals surface area contributed by atoms with Crippen molar-refractivity contribution in [2.24, 2.45) is 0 Å². The minimum absolute atomic E-state index is 0.134. The van der Waals surface area contributed by atoms with Gasteiger partial charge >= 0.3 is 0 Å². The fraction of sp³-hybridized carbons (Fsp3) is 0.190. The molecule has 1 aliphatic heterocycles. The van der Waals surface area contributed by atoms with E-state index in [2.05, 4.69) is 31.3 Å². The second-order valence-corrected chi connectivity index (χ2v) is 8.24. The quantitative estimate of drug-likeness (QED) is 0.572. The number of hydrogen-bond acceptors (Lipinski definition) is 4. The molecule has 2 aromatic carbocycles. The SMILES string of the molecule is CC(=O)Nc1ccc(N2C(=O)/C(=C/c3ccc(C(C)C)cc3)SC2=S)cc1. The minimum atomic E-state index is -0.139. The Hall–Kier alpha value is -2.44. The van der Waals surface area contributed by atoms with Gasteiger partial charge in [0, 0.05) is 12.6 Å². The molecule has 0 radical (unpaired) electrons. The van der Waals surface area contributed by atoms with E-state index in [0.717, 1.165) is 5.56 Å². The molecule has 0 aliphatic carbocycles. The van der Waals surface area contributed by atoms with Crippen LogP contribution in [0.25, 0.3) is 6.08 Å². The number of thiocarbonyl (C=S) groups is 1. The van der Waals surface area contributed by atoms with Crippen molar-refractivity contribution in [1.29, 1.82) is 0 Å². The van der Waals surface area contributed by atoms with Gasteiger partial charge in [-0.25, -0.2) is 0 Å². The smallest absolute Gasteiger partial charge is 0.270 e. The predicted molar refractivity (Wildman–Crippen MR) is 117 cm³/mol. The molecule has 6 heteroatoms. The Labute approximate surface area is 168 Å². The molecule has 0 aromatic heterocycles. The van der Waals surface area contributed by atoms with Crippen LogP contribution in [0.15, 0.2) is 53.4 Å². The number of nitrogens with one attached hydrogen (secondary N) is 1. The van der Waals surface area contributed by atoms with E-state index in [4.69, 9.17) is 12.2 Å². The number of benzene rings is 2. The number of hydrogen-bond donors (Lipinski definition) is 1. The van der Waals surface area contributed by atoms with Gasteiger partial charge in [-0.15, -0.1) is 0 Å². The van der Waals surface area contributed by atoms with E-state index in [-0.39, 0.29) is 11.8 Å². The first-order valence-electron chi connectivity index (χ1n) is 8.60. The fourth-order valence-electron chi connectivity index (χ4n) is 2.72. The predicted octanol–water partition coefficient (Wildman–Crippen LogP) is 5.17. The van der Waals surface area contributed by atoms with Crippen LogP contribution < -0.4 is 10.2 Å². The Morgan fingerprint density at radius 2 is 1.74 bits per heavy atom. The van der Waals surface area contributed by atoms with Crippen molar-refractivity contribution in [3.63, 3.8) is 0 Å². The first-order valence-corrected chi connectivity index (χ1v) is 9.83. The van der Waals surface area contributed by atoms with Crippen molar-refractivity contribution in [2.75, 3.05) is 10.2 Å². The molecule has 0 saturated carbocycles. The van der Waals surface area contributed by atoms with Gasteiger partial charge in [0.15, 0.2) is 4.32 Å². The Balaban J connectivity index is 1.81. The lowest BCUT2D eigenvalue weighted by Crippen LogP contribution is -2.27. The van der Waals surface area contributed by atoms with Crippen LogP contribution in [0.5, 0.6) is 0 Å². The van der Waals surface area contributed by atoms with E-state index in [1.807, 2.05) is 18.2 Å². The summed E-state index contributed by atoms with van der Waals surface area (Å²) < 4.78 is 0.498. The summed E-state index contributed by atoms with van der Waals surface area (Å²) in [5.74, 6) is 0.197. The monoisotopic (exact) mass is 396 g/mol. The molecule has 2 aromatic rings. The van der Waals surface area contributed by atoms with Gasteiger partial charge in [0.25, 0.3) is 5.91 Å². The van der Waals surface area contributed by atoms with Crippen LogP contribution >= 0.6 is 24.0 Å². The average molecular weight is 397 g/mol. The van der Waals surface area contributed by atoms with Crippen LogP contribution in [0.4, 0.5) is 11.4 Å². The van der Waals surface area contributed by atoms with Crippen LogP contribution in [-0.4, -0.2) is 16.1 Å². The molecular formula is C21H20N2O2S2. The topological polar surface area (TPSA) is 49.4 Å². The van der Waals surface area contributed by atoms with Gasteiger partial charge in [-0.1, -0.05) is 62.1 Å². The minimum Gasteiger partial charge on any atom is -0.326 e. The van der Waals surface area contributed by atoms with Crippen LogP contribution in [-0.2, 0) is 9.59 Å². The van der Waals surface area contributed by atoms with Gasteiger partial charge in [0.2, 0.25) is 5.91 Å². The molecule has 3 rings (SSSR count). The normalized spacial score (nSPS) is 15.7. The van der Waals surface area contributed by atoms with Crippen LogP contribution in [0.3, 0.4) is 0 Å². The van der Waals surface area contributed by atoms with Crippen LogP contribution in [0, 0.1) is 0 Å². The lowest BCUT2D eigenvalue weighted by molar-refractivity contribution is -0.114. The average Bonchev–Trinajstić information content (AvgIpc) is 2.89. The number of rotatable bonds is 4. The molecular weight excluding hydrogens is 376 g/mol. The molecule has 2 amide bonds. The molecule has 1 aliphatic rings. The maximum absolute atomic E-state index is 12.8. The molecule has 27 heavy (non-hydrogen) atoms. The van der Waals surface area contributed by atoms with Crippen LogP contribution in [0.2, 0.25) is 0 Å². The number of carbonyl (C=O) groups excluding carboxylic acids is 2. The molecule has 0 bridgehead atoms. The largest absolute Gasteiger partial charge is 0.326 e. The molecule has 0 atom stereocenters. The molecule has 4 nitrogen and oxygen atoms in total. The van der Waals surface area contributed by atoms with Crippen molar-refractivity contribution in [3.8, 4) is 0 Å². The van der Waals surface area contributed by atoms with Crippen molar-refractivity contribution < 1.29 is 9.59 Å². The standard InChI is InChI=1S/C21H20N2O2S2/c1-13(2)16-6-4-15(5-7-16)12-19-20(25)23(21(26)27-19)18-10-8-17(9-11-18)22-14(3)24/h4-13H,1-3H3,(H,22,24)/b19-12-. The van der Waals surface area contributed by atoms with Gasteiger partial charge in [0.05, 0.1) is 10.6 Å². The molecule has 0 spiro atoms. The highest BCUT2D eigenvalue weighted by atomic mass is 32.2. The number of thioether (sulfide) groups is 1. The highest BCUT2D eigenvalue weighted by molar-refractivity contribution is 8.27. The van der Waals surface area contributed by atoms with E-state index in [9.17, 15) is 9.59 Å². The Bertz CT molecular complexity index is 916. The summed E-state index contributed by atoms with van der Waals surface area (Å²) >= 11 is 6.70. The van der Waals surface area contributed by atoms with Gasteiger partial charge in [-0.05, 0) is 47.4 Å². The van der Waals surface area contributed by atoms with E-state index in [0.29, 0.717) is 26.5 Å². The van der Waals surface area contributed by atoms with E-state index in [1.165, 1.54) is 29.1 Å². The first-order chi connectivity index (χ1) is 12.8. The molecule has 1 heterocycles. The molecule has 138 valence electrons. The first kappa shape index (κ1) is 19.3. The highest BCUT2D eigenvalue weighted by Crippen LogP contribution is 2.36. The van der Waals surface area contributed by atoms with Crippen molar-refractivity contribution >= 4 is 57.6 Å². The highest BCUT2D eigenvalue weighted by Gasteiger charge is 2.33. The van der Waals surface area contributed by atoms with Gasteiger partial charge < -0.3 is 5.32 Å². The van der Waals surface area contributed by atoms with E-state index < -0.39 is 0 Å². The van der Waals surface area contributed by atoms with Gasteiger partial charge in [-0.2, -0.15) is 0 Å². The zero-order valence-electron chi connectivity index (χ0n) is 15.4. The zero-order valence-corrected chi connectivity index (χ0v) is 17.0. The fourth-order valence-corrected chi connectivity index (χ4v) is 4.01. The Morgan fingerprint density at radius 1 is 1.11 bits per heavy atom. The molecule has 1 saturated heterocycles. The summed E-state index contributed by atoms with van der Waals surface area (Å²) in [5.41, 5.74) is 3.60. The summed E-state index contributed by atoms with van der Waals surface area (Å²) in [6, 6.07) is 15.3. The van der Waals surface area contributed by atoms with Gasteiger partial charge in [0.1, 0.15) is 0 Å². The second kappa shape index (κ2) is 8.06. The third-order valence-electron chi connectivity index (χ3n) is 4.14. The molecule has 1 N–H and O–H groups in total. The number of carbonyl (C=O) groups is 2. The van der Waals surface area contributed by atoms with Gasteiger partial charge in [-0.3, -0.25) is 14.5 Å². The lowest BCUT2D eigenvalue weighted by Gasteiger charge is -2.15. The Kier molecular flexibility index (Phi) is 5.77. The number of nitrogens with zero attached hydrogens (tertiary/aromatic N) is 1. The summed E-state index contributed by atoms with van der Waals surface area (Å²) in [6.07, 6.45) is 1.87. The van der Waals surface area contributed by atoms with Crippen molar-refractivity contribution in [3.05, 3.63) is 64.6 Å². The summed E-state index contributed by atoms with van der Waals surface area (Å²) in [7, 11) is 0. The summed E-state index contributed by atoms with van der Waals surface area (Å²) in [5, 5.41) is 2.71. The maximum atomic E-state index is 12.8.